The Bertz CT molecular complexity index is 797. The second-order valence-electron chi connectivity index (χ2n) is 7.44. The molecule has 150 valence electrons. The average molecular weight is 391 g/mol. The van der Waals surface area contributed by atoms with Gasteiger partial charge in [0.05, 0.1) is 5.56 Å². The van der Waals surface area contributed by atoms with Gasteiger partial charge in [-0.1, -0.05) is 49.4 Å². The van der Waals surface area contributed by atoms with Gasteiger partial charge < -0.3 is 4.74 Å². The molecule has 0 amide bonds. The fraction of sp³-hybridized carbons (Fsp3) is 0.409. The highest BCUT2D eigenvalue weighted by Gasteiger charge is 2.37. The third-order valence-electron chi connectivity index (χ3n) is 5.40. The summed E-state index contributed by atoms with van der Waals surface area (Å²) in [7, 11) is 0. The molecule has 3 rings (SSSR count). The number of rotatable bonds is 6. The number of ketones is 1. The number of piperidine rings is 1. The second kappa shape index (κ2) is 8.35. The van der Waals surface area contributed by atoms with Crippen LogP contribution in [0.2, 0.25) is 0 Å². The monoisotopic (exact) mass is 391 g/mol. The van der Waals surface area contributed by atoms with Gasteiger partial charge in [-0.15, -0.1) is 0 Å². The van der Waals surface area contributed by atoms with Gasteiger partial charge in [0.15, 0.2) is 5.78 Å². The lowest BCUT2D eigenvalue weighted by Gasteiger charge is -2.38. The number of hydrogen-bond donors (Lipinski definition) is 0. The van der Waals surface area contributed by atoms with Crippen molar-refractivity contribution in [3.63, 3.8) is 0 Å². The maximum absolute atomic E-state index is 13.0. The number of nitrogens with zero attached hydrogens (tertiary/aromatic N) is 1. The summed E-state index contributed by atoms with van der Waals surface area (Å²) in [6.45, 7) is 4.15. The minimum absolute atomic E-state index is 0.142. The van der Waals surface area contributed by atoms with Crippen LogP contribution in [0.5, 0.6) is 5.75 Å². The van der Waals surface area contributed by atoms with E-state index in [-0.39, 0.29) is 18.1 Å². The van der Waals surface area contributed by atoms with E-state index in [2.05, 4.69) is 4.90 Å². The van der Waals surface area contributed by atoms with E-state index in [1.165, 1.54) is 18.2 Å². The minimum atomic E-state index is -4.43. The van der Waals surface area contributed by atoms with Crippen molar-refractivity contribution < 1.29 is 22.7 Å². The van der Waals surface area contributed by atoms with Gasteiger partial charge >= 0.3 is 6.18 Å². The molecular formula is C22H24F3NO2. The molecule has 28 heavy (non-hydrogen) atoms. The van der Waals surface area contributed by atoms with Crippen LogP contribution in [0.3, 0.4) is 0 Å². The summed E-state index contributed by atoms with van der Waals surface area (Å²) in [5.74, 6) is 0.0132. The first-order valence-corrected chi connectivity index (χ1v) is 9.41. The fourth-order valence-electron chi connectivity index (χ4n) is 3.55. The summed E-state index contributed by atoms with van der Waals surface area (Å²) >= 11 is 0. The second-order valence-corrected chi connectivity index (χ2v) is 7.44. The molecule has 0 saturated carbocycles. The molecule has 0 atom stereocenters. The number of halogens is 3. The topological polar surface area (TPSA) is 29.5 Å². The third kappa shape index (κ3) is 4.73. The van der Waals surface area contributed by atoms with E-state index < -0.39 is 17.2 Å². The molecule has 0 N–H and O–H groups in total. The fourth-order valence-corrected chi connectivity index (χ4v) is 3.55. The molecule has 1 saturated heterocycles. The van der Waals surface area contributed by atoms with Crippen LogP contribution in [0.25, 0.3) is 0 Å². The van der Waals surface area contributed by atoms with Crippen molar-refractivity contribution in [1.82, 2.24) is 4.90 Å². The Morgan fingerprint density at radius 1 is 1.04 bits per heavy atom. The third-order valence-corrected chi connectivity index (χ3v) is 5.40. The highest BCUT2D eigenvalue weighted by molar-refractivity contribution is 6.00. The quantitative estimate of drug-likeness (QED) is 0.644. The highest BCUT2D eigenvalue weighted by atomic mass is 19.4. The molecule has 1 heterocycles. The van der Waals surface area contributed by atoms with E-state index in [1.54, 1.807) is 0 Å². The molecule has 2 aromatic carbocycles. The average Bonchev–Trinajstić information content (AvgIpc) is 2.69. The Labute approximate surface area is 163 Å². The molecule has 3 nitrogen and oxygen atoms in total. The van der Waals surface area contributed by atoms with Crippen molar-refractivity contribution in [2.75, 3.05) is 26.2 Å². The Morgan fingerprint density at radius 2 is 1.64 bits per heavy atom. The van der Waals surface area contributed by atoms with Crippen molar-refractivity contribution in [2.24, 2.45) is 5.41 Å². The molecule has 0 aromatic heterocycles. The summed E-state index contributed by atoms with van der Waals surface area (Å²) in [5, 5.41) is 0. The number of Topliss-reactive ketones (excluding diaryl/α,β-unsaturated/α-hetero) is 1. The smallest absolute Gasteiger partial charge is 0.419 e. The molecule has 1 fully saturated rings. The number of ether oxygens (including phenoxy) is 1. The Morgan fingerprint density at radius 3 is 2.29 bits per heavy atom. The Kier molecular flexibility index (Phi) is 6.08. The molecule has 0 bridgehead atoms. The van der Waals surface area contributed by atoms with Crippen LogP contribution in [0.1, 0.15) is 35.7 Å². The van der Waals surface area contributed by atoms with Crippen LogP contribution in [0.15, 0.2) is 54.6 Å². The van der Waals surface area contributed by atoms with Crippen LogP contribution in [-0.4, -0.2) is 36.9 Å². The zero-order chi connectivity index (χ0) is 20.2. The summed E-state index contributed by atoms with van der Waals surface area (Å²) in [6.07, 6.45) is -2.99. The lowest BCUT2D eigenvalue weighted by Crippen LogP contribution is -2.44. The van der Waals surface area contributed by atoms with Crippen LogP contribution in [-0.2, 0) is 6.18 Å². The maximum atomic E-state index is 13.0. The zero-order valence-electron chi connectivity index (χ0n) is 15.8. The van der Waals surface area contributed by atoms with Crippen molar-refractivity contribution >= 4 is 5.78 Å². The number of hydrogen-bond acceptors (Lipinski definition) is 3. The van der Waals surface area contributed by atoms with E-state index in [0.29, 0.717) is 6.54 Å². The standard InChI is InChI=1S/C22H24F3NO2/c1-21(20(27)17-7-3-2-4-8-17)11-13-26(14-12-21)15-16-28-19-10-6-5-9-18(19)22(23,24)25/h2-10H,11-16H2,1H3. The first-order valence-electron chi connectivity index (χ1n) is 9.41. The normalized spacial score (nSPS) is 17.3. The molecule has 2 aromatic rings. The summed E-state index contributed by atoms with van der Waals surface area (Å²) < 4.78 is 44.4. The predicted molar refractivity (Wildman–Crippen MR) is 101 cm³/mol. The number of carbonyl (C=O) groups is 1. The van der Waals surface area contributed by atoms with E-state index >= 15 is 0 Å². The summed E-state index contributed by atoms with van der Waals surface area (Å²) in [6, 6.07) is 14.5. The van der Waals surface area contributed by atoms with Crippen LogP contribution in [0.4, 0.5) is 13.2 Å². The molecular weight excluding hydrogens is 367 g/mol. The van der Waals surface area contributed by atoms with Gasteiger partial charge in [-0.05, 0) is 38.1 Å². The summed E-state index contributed by atoms with van der Waals surface area (Å²) in [4.78, 5) is 14.9. The number of alkyl halides is 3. The van der Waals surface area contributed by atoms with Gasteiger partial charge in [0.2, 0.25) is 0 Å². The van der Waals surface area contributed by atoms with E-state index in [0.717, 1.165) is 37.6 Å². The molecule has 0 unspecified atom stereocenters. The first-order chi connectivity index (χ1) is 13.3. The van der Waals surface area contributed by atoms with Crippen molar-refractivity contribution in [3.8, 4) is 5.75 Å². The molecule has 1 aliphatic heterocycles. The van der Waals surface area contributed by atoms with E-state index in [1.807, 2.05) is 37.3 Å². The SMILES string of the molecule is CC1(C(=O)c2ccccc2)CCN(CCOc2ccccc2C(F)(F)F)CC1. The number of carbonyl (C=O) groups excluding carboxylic acids is 1. The predicted octanol–water partition coefficient (Wildman–Crippen LogP) is 5.07. The minimum Gasteiger partial charge on any atom is -0.492 e. The lowest BCUT2D eigenvalue weighted by atomic mass is 9.74. The highest BCUT2D eigenvalue weighted by Crippen LogP contribution is 2.36. The van der Waals surface area contributed by atoms with Crippen LogP contribution < -0.4 is 4.74 Å². The number of benzene rings is 2. The zero-order valence-corrected chi connectivity index (χ0v) is 15.8. The first kappa shape index (κ1) is 20.4. The van der Waals surface area contributed by atoms with Crippen molar-refractivity contribution in [2.45, 2.75) is 25.9 Å². The number of likely N-dealkylation sites (tertiary alicyclic amines) is 1. The maximum Gasteiger partial charge on any atom is 0.419 e. The summed E-state index contributed by atoms with van der Waals surface area (Å²) in [5.41, 5.74) is -0.429. The molecule has 1 aliphatic rings. The van der Waals surface area contributed by atoms with Crippen LogP contribution in [0, 0.1) is 5.41 Å². The largest absolute Gasteiger partial charge is 0.492 e. The van der Waals surface area contributed by atoms with Gasteiger partial charge in [0.1, 0.15) is 12.4 Å². The van der Waals surface area contributed by atoms with Gasteiger partial charge in [0.25, 0.3) is 0 Å². The lowest BCUT2D eigenvalue weighted by molar-refractivity contribution is -0.139. The van der Waals surface area contributed by atoms with E-state index in [4.69, 9.17) is 4.74 Å². The number of para-hydroxylation sites is 1. The van der Waals surface area contributed by atoms with Gasteiger partial charge in [0, 0.05) is 17.5 Å². The van der Waals surface area contributed by atoms with Crippen molar-refractivity contribution in [3.05, 3.63) is 65.7 Å². The molecule has 6 heteroatoms. The molecule has 0 radical (unpaired) electrons. The van der Waals surface area contributed by atoms with Gasteiger partial charge in [-0.2, -0.15) is 13.2 Å². The molecule has 0 aliphatic carbocycles. The van der Waals surface area contributed by atoms with Crippen LogP contribution >= 0.6 is 0 Å². The van der Waals surface area contributed by atoms with Gasteiger partial charge in [-0.25, -0.2) is 0 Å². The van der Waals surface area contributed by atoms with Gasteiger partial charge in [-0.3, -0.25) is 9.69 Å². The molecule has 0 spiro atoms. The van der Waals surface area contributed by atoms with Crippen molar-refractivity contribution in [1.29, 1.82) is 0 Å². The van der Waals surface area contributed by atoms with E-state index in [9.17, 15) is 18.0 Å². The Balaban J connectivity index is 1.51. The Hall–Kier alpha value is -2.34.